The van der Waals surface area contributed by atoms with E-state index in [1.807, 2.05) is 24.3 Å². The molecule has 0 saturated carbocycles. The molecule has 2 aliphatic heterocycles. The SMILES string of the molecule is C[C@@H]1CCCCN1CCNC(=O)c1ccc2c(c1)N(Cc1c(F)cccc1Cl)C(=O)c1ccccc1S2. The van der Waals surface area contributed by atoms with Crippen LogP contribution in [0, 0.1) is 5.82 Å². The molecule has 3 aromatic rings. The van der Waals surface area contributed by atoms with Crippen LogP contribution in [-0.2, 0) is 6.54 Å². The zero-order valence-corrected chi connectivity index (χ0v) is 22.2. The number of likely N-dealkylation sites (tertiary alicyclic amines) is 1. The van der Waals surface area contributed by atoms with Crippen LogP contribution >= 0.6 is 23.4 Å². The highest BCUT2D eigenvalue weighted by atomic mass is 35.5. The predicted octanol–water partition coefficient (Wildman–Crippen LogP) is 6.39. The lowest BCUT2D eigenvalue weighted by molar-refractivity contribution is 0.0936. The highest BCUT2D eigenvalue weighted by Gasteiger charge is 2.29. The summed E-state index contributed by atoms with van der Waals surface area (Å²) >= 11 is 7.79. The van der Waals surface area contributed by atoms with E-state index < -0.39 is 5.82 Å². The summed E-state index contributed by atoms with van der Waals surface area (Å²) in [5.74, 6) is -0.943. The van der Waals surface area contributed by atoms with Crippen molar-refractivity contribution in [3.8, 4) is 0 Å². The Labute approximate surface area is 226 Å². The van der Waals surface area contributed by atoms with Crippen LogP contribution in [0.25, 0.3) is 0 Å². The van der Waals surface area contributed by atoms with Crippen molar-refractivity contribution in [2.24, 2.45) is 0 Å². The van der Waals surface area contributed by atoms with Gasteiger partial charge in [-0.1, -0.05) is 48.0 Å². The predicted molar refractivity (Wildman–Crippen MR) is 146 cm³/mol. The molecule has 0 bridgehead atoms. The number of nitrogens with one attached hydrogen (secondary N) is 1. The Morgan fingerprint density at radius 3 is 2.76 bits per heavy atom. The number of nitrogens with zero attached hydrogens (tertiary/aromatic N) is 2. The molecule has 5 nitrogen and oxygen atoms in total. The lowest BCUT2D eigenvalue weighted by Crippen LogP contribution is -2.42. The number of amides is 2. The Morgan fingerprint density at radius 2 is 1.95 bits per heavy atom. The highest BCUT2D eigenvalue weighted by molar-refractivity contribution is 7.99. The Morgan fingerprint density at radius 1 is 1.11 bits per heavy atom. The fraction of sp³-hybridized carbons (Fsp3) is 0.310. The van der Waals surface area contributed by atoms with E-state index in [1.54, 1.807) is 24.3 Å². The van der Waals surface area contributed by atoms with E-state index in [-0.39, 0.29) is 28.9 Å². The monoisotopic (exact) mass is 537 g/mol. The van der Waals surface area contributed by atoms with Gasteiger partial charge in [0.1, 0.15) is 5.82 Å². The molecule has 1 N–H and O–H groups in total. The number of carbonyl (C=O) groups is 2. The Kier molecular flexibility index (Phi) is 7.84. The fourth-order valence-electron chi connectivity index (χ4n) is 4.96. The van der Waals surface area contributed by atoms with Crippen LogP contribution < -0.4 is 10.2 Å². The summed E-state index contributed by atoms with van der Waals surface area (Å²) in [6.45, 7) is 4.59. The first-order chi connectivity index (χ1) is 17.9. The Balaban J connectivity index is 1.43. The maximum atomic E-state index is 14.7. The number of anilines is 1. The maximum absolute atomic E-state index is 14.7. The van der Waals surface area contributed by atoms with Crippen molar-refractivity contribution in [2.75, 3.05) is 24.5 Å². The molecule has 3 aromatic carbocycles. The molecule has 0 radical (unpaired) electrons. The van der Waals surface area contributed by atoms with Gasteiger partial charge in [0.05, 0.1) is 17.8 Å². The van der Waals surface area contributed by atoms with Gasteiger partial charge in [0.15, 0.2) is 0 Å². The van der Waals surface area contributed by atoms with E-state index >= 15 is 0 Å². The minimum Gasteiger partial charge on any atom is -0.351 e. The number of fused-ring (bicyclic) bond motifs is 2. The van der Waals surface area contributed by atoms with Crippen molar-refractivity contribution >= 4 is 40.9 Å². The summed E-state index contributed by atoms with van der Waals surface area (Å²) in [5, 5.41) is 3.28. The Bertz CT molecular complexity index is 1310. The third-order valence-corrected chi connectivity index (χ3v) is 8.59. The second-order valence-electron chi connectivity index (χ2n) is 9.51. The van der Waals surface area contributed by atoms with Crippen molar-refractivity contribution in [3.63, 3.8) is 0 Å². The van der Waals surface area contributed by atoms with Crippen LogP contribution in [0.4, 0.5) is 10.1 Å². The summed E-state index contributed by atoms with van der Waals surface area (Å²) in [6.07, 6.45) is 3.64. The first-order valence-electron chi connectivity index (χ1n) is 12.6. The molecule has 8 heteroatoms. The average molecular weight is 538 g/mol. The minimum absolute atomic E-state index is 0.0514. The number of hydrogen-bond donors (Lipinski definition) is 1. The number of hydrogen-bond acceptors (Lipinski definition) is 4. The zero-order chi connectivity index (χ0) is 25.9. The van der Waals surface area contributed by atoms with E-state index in [2.05, 4.69) is 17.1 Å². The third kappa shape index (κ3) is 5.54. The molecule has 5 rings (SSSR count). The summed E-state index contributed by atoms with van der Waals surface area (Å²) < 4.78 is 14.7. The van der Waals surface area contributed by atoms with E-state index in [0.29, 0.717) is 29.4 Å². The van der Waals surface area contributed by atoms with Crippen molar-refractivity contribution in [2.45, 2.75) is 48.6 Å². The zero-order valence-electron chi connectivity index (χ0n) is 20.7. The molecular formula is C29H29ClFN3O2S. The van der Waals surface area contributed by atoms with Gasteiger partial charge >= 0.3 is 0 Å². The van der Waals surface area contributed by atoms with Crippen molar-refractivity contribution < 1.29 is 14.0 Å². The minimum atomic E-state index is -0.479. The second-order valence-corrected chi connectivity index (χ2v) is 11.0. The van der Waals surface area contributed by atoms with Crippen molar-refractivity contribution in [1.29, 1.82) is 0 Å². The quantitative estimate of drug-likeness (QED) is 0.395. The highest BCUT2D eigenvalue weighted by Crippen LogP contribution is 2.42. The summed E-state index contributed by atoms with van der Waals surface area (Å²) in [6, 6.07) is 17.7. The van der Waals surface area contributed by atoms with Gasteiger partial charge in [0.2, 0.25) is 0 Å². The normalized spacial score (nSPS) is 17.6. The first kappa shape index (κ1) is 25.8. The summed E-state index contributed by atoms with van der Waals surface area (Å²) in [4.78, 5) is 32.4. The van der Waals surface area contributed by atoms with Crippen LogP contribution in [0.2, 0.25) is 5.02 Å². The van der Waals surface area contributed by atoms with Crippen LogP contribution in [0.5, 0.6) is 0 Å². The largest absolute Gasteiger partial charge is 0.351 e. The first-order valence-corrected chi connectivity index (χ1v) is 13.8. The average Bonchev–Trinajstić information content (AvgIpc) is 3.01. The number of piperidine rings is 1. The molecule has 2 amide bonds. The van der Waals surface area contributed by atoms with Gasteiger partial charge in [0.25, 0.3) is 11.8 Å². The van der Waals surface area contributed by atoms with E-state index in [0.717, 1.165) is 22.9 Å². The molecule has 1 fully saturated rings. The van der Waals surface area contributed by atoms with Gasteiger partial charge in [-0.15, -0.1) is 0 Å². The van der Waals surface area contributed by atoms with Crippen LogP contribution in [0.15, 0.2) is 70.5 Å². The molecule has 0 aromatic heterocycles. The lowest BCUT2D eigenvalue weighted by Gasteiger charge is -2.33. The van der Waals surface area contributed by atoms with E-state index in [1.165, 1.54) is 48.1 Å². The molecule has 0 unspecified atom stereocenters. The van der Waals surface area contributed by atoms with Gasteiger partial charge < -0.3 is 10.2 Å². The summed E-state index contributed by atoms with van der Waals surface area (Å²) in [5.41, 5.74) is 1.77. The van der Waals surface area contributed by atoms with Crippen molar-refractivity contribution in [3.05, 3.63) is 88.2 Å². The molecular weight excluding hydrogens is 509 g/mol. The Hall–Kier alpha value is -2.87. The number of carbonyl (C=O) groups excluding carboxylic acids is 2. The maximum Gasteiger partial charge on any atom is 0.259 e. The van der Waals surface area contributed by atoms with E-state index in [4.69, 9.17) is 11.6 Å². The van der Waals surface area contributed by atoms with E-state index in [9.17, 15) is 14.0 Å². The third-order valence-electron chi connectivity index (χ3n) is 7.10. The van der Waals surface area contributed by atoms with Gasteiger partial charge in [-0.25, -0.2) is 4.39 Å². The molecule has 0 aliphatic carbocycles. The van der Waals surface area contributed by atoms with Gasteiger partial charge in [0, 0.05) is 45.1 Å². The number of halogens is 2. The van der Waals surface area contributed by atoms with Gasteiger partial charge in [-0.3, -0.25) is 14.5 Å². The van der Waals surface area contributed by atoms with Gasteiger partial charge in [-0.05, 0) is 68.8 Å². The number of rotatable bonds is 6. The second kappa shape index (κ2) is 11.3. The standard InChI is InChI=1S/C29H29ClFN3O2S/c1-19-7-4-5-15-33(19)16-14-32-28(35)20-12-13-27-25(17-20)34(18-22-23(30)9-6-10-24(22)31)29(36)21-8-2-3-11-26(21)37-27/h2-3,6,8-13,17,19H,4-5,7,14-16,18H2,1H3,(H,32,35)/t19-/m1/s1. The lowest BCUT2D eigenvalue weighted by atomic mass is 10.0. The van der Waals surface area contributed by atoms with Crippen LogP contribution in [0.3, 0.4) is 0 Å². The van der Waals surface area contributed by atoms with Crippen molar-refractivity contribution in [1.82, 2.24) is 10.2 Å². The molecule has 1 saturated heterocycles. The van der Waals surface area contributed by atoms with Crippen LogP contribution in [0.1, 0.15) is 52.5 Å². The van der Waals surface area contributed by atoms with Gasteiger partial charge in [-0.2, -0.15) is 0 Å². The molecule has 1 atom stereocenters. The molecule has 0 spiro atoms. The topological polar surface area (TPSA) is 52.7 Å². The number of benzene rings is 3. The molecule has 192 valence electrons. The molecule has 2 aliphatic rings. The smallest absolute Gasteiger partial charge is 0.259 e. The molecule has 2 heterocycles. The van der Waals surface area contributed by atoms with Crippen LogP contribution in [-0.4, -0.2) is 42.4 Å². The summed E-state index contributed by atoms with van der Waals surface area (Å²) in [7, 11) is 0. The fourth-order valence-corrected chi connectivity index (χ4v) is 6.25. The molecule has 37 heavy (non-hydrogen) atoms.